The second-order valence-corrected chi connectivity index (χ2v) is 5.54. The van der Waals surface area contributed by atoms with Crippen LogP contribution in [0.3, 0.4) is 0 Å². The highest BCUT2D eigenvalue weighted by Crippen LogP contribution is 2.14. The van der Waals surface area contributed by atoms with Gasteiger partial charge in [-0.15, -0.1) is 0 Å². The number of carbonyl (C=O) groups excluding carboxylic acids is 3. The van der Waals surface area contributed by atoms with Gasteiger partial charge < -0.3 is 10.6 Å². The molecule has 0 heterocycles. The molecule has 24 heavy (non-hydrogen) atoms. The van der Waals surface area contributed by atoms with Crippen molar-refractivity contribution in [3.8, 4) is 0 Å². The summed E-state index contributed by atoms with van der Waals surface area (Å²) < 4.78 is 0. The number of hydrogen-bond acceptors (Lipinski definition) is 3. The predicted octanol–water partition coefficient (Wildman–Crippen LogP) is 3.56. The van der Waals surface area contributed by atoms with Gasteiger partial charge in [-0.25, -0.2) is 0 Å². The van der Waals surface area contributed by atoms with Crippen LogP contribution in [0.15, 0.2) is 48.5 Å². The molecular weight excluding hydrogens is 304 g/mol. The Morgan fingerprint density at radius 1 is 0.833 bits per heavy atom. The van der Waals surface area contributed by atoms with E-state index in [1.165, 1.54) is 6.92 Å². The van der Waals surface area contributed by atoms with Crippen LogP contribution in [0.25, 0.3) is 0 Å². The quantitative estimate of drug-likeness (QED) is 0.798. The molecule has 2 aromatic rings. The summed E-state index contributed by atoms with van der Waals surface area (Å²) in [5, 5.41) is 5.50. The number of nitrogens with one attached hydrogen (secondary N) is 2. The molecule has 0 saturated carbocycles. The standard InChI is InChI=1S/C19H20N2O3/c1-13-5-3-4-6-17(13)21-19(24)12-11-18(23)20-16-9-7-15(8-10-16)14(2)22/h3-10H,11-12H2,1-2H3,(H,20,23)(H,21,24). The van der Waals surface area contributed by atoms with Gasteiger partial charge >= 0.3 is 0 Å². The molecule has 0 aromatic heterocycles. The lowest BCUT2D eigenvalue weighted by atomic mass is 10.1. The van der Waals surface area contributed by atoms with Gasteiger partial charge in [0.25, 0.3) is 0 Å². The SMILES string of the molecule is CC(=O)c1ccc(NC(=O)CCC(=O)Nc2ccccc2C)cc1. The zero-order valence-corrected chi connectivity index (χ0v) is 13.8. The molecule has 0 atom stereocenters. The minimum Gasteiger partial charge on any atom is -0.326 e. The third-order valence-corrected chi connectivity index (χ3v) is 3.57. The number of para-hydroxylation sites is 1. The van der Waals surface area contributed by atoms with E-state index in [-0.39, 0.29) is 30.4 Å². The maximum atomic E-state index is 11.9. The van der Waals surface area contributed by atoms with E-state index in [9.17, 15) is 14.4 Å². The van der Waals surface area contributed by atoms with Crippen molar-refractivity contribution in [1.29, 1.82) is 0 Å². The van der Waals surface area contributed by atoms with Crippen molar-refractivity contribution in [2.75, 3.05) is 10.6 Å². The first-order valence-corrected chi connectivity index (χ1v) is 7.72. The van der Waals surface area contributed by atoms with Gasteiger partial charge in [-0.3, -0.25) is 14.4 Å². The fourth-order valence-corrected chi connectivity index (χ4v) is 2.16. The molecule has 0 unspecified atom stereocenters. The van der Waals surface area contributed by atoms with E-state index in [0.29, 0.717) is 11.3 Å². The van der Waals surface area contributed by atoms with Gasteiger partial charge in [0.15, 0.2) is 5.78 Å². The van der Waals surface area contributed by atoms with E-state index in [1.54, 1.807) is 24.3 Å². The zero-order valence-electron chi connectivity index (χ0n) is 13.8. The second kappa shape index (κ2) is 8.06. The van der Waals surface area contributed by atoms with E-state index in [4.69, 9.17) is 0 Å². The largest absolute Gasteiger partial charge is 0.326 e. The van der Waals surface area contributed by atoms with Crippen molar-refractivity contribution < 1.29 is 14.4 Å². The number of carbonyl (C=O) groups is 3. The highest BCUT2D eigenvalue weighted by atomic mass is 16.2. The molecule has 0 aliphatic heterocycles. The number of rotatable bonds is 6. The topological polar surface area (TPSA) is 75.3 Å². The van der Waals surface area contributed by atoms with Crippen LogP contribution in [0.1, 0.15) is 35.7 Å². The van der Waals surface area contributed by atoms with Crippen LogP contribution >= 0.6 is 0 Å². The highest BCUT2D eigenvalue weighted by Gasteiger charge is 2.09. The molecule has 0 spiro atoms. The lowest BCUT2D eigenvalue weighted by Gasteiger charge is -2.08. The fourth-order valence-electron chi connectivity index (χ4n) is 2.16. The zero-order chi connectivity index (χ0) is 17.5. The summed E-state index contributed by atoms with van der Waals surface area (Å²) in [6.07, 6.45) is 0.192. The van der Waals surface area contributed by atoms with Crippen LogP contribution in [-0.4, -0.2) is 17.6 Å². The lowest BCUT2D eigenvalue weighted by Crippen LogP contribution is -2.17. The van der Waals surface area contributed by atoms with Crippen LogP contribution in [0.4, 0.5) is 11.4 Å². The van der Waals surface area contributed by atoms with Crippen molar-refractivity contribution >= 4 is 29.0 Å². The Hall–Kier alpha value is -2.95. The van der Waals surface area contributed by atoms with Crippen molar-refractivity contribution in [1.82, 2.24) is 0 Å². The van der Waals surface area contributed by atoms with Crippen LogP contribution in [0, 0.1) is 6.92 Å². The average Bonchev–Trinajstić information content (AvgIpc) is 2.55. The highest BCUT2D eigenvalue weighted by molar-refractivity contribution is 5.98. The second-order valence-electron chi connectivity index (χ2n) is 5.54. The Labute approximate surface area is 141 Å². The molecular formula is C19H20N2O3. The normalized spacial score (nSPS) is 10.1. The molecule has 0 fully saturated rings. The molecule has 0 saturated heterocycles. The maximum absolute atomic E-state index is 11.9. The molecule has 2 amide bonds. The summed E-state index contributed by atoms with van der Waals surface area (Å²) in [6.45, 7) is 3.40. The minimum absolute atomic E-state index is 0.0271. The van der Waals surface area contributed by atoms with Gasteiger partial charge in [-0.05, 0) is 49.7 Å². The van der Waals surface area contributed by atoms with Crippen LogP contribution < -0.4 is 10.6 Å². The van der Waals surface area contributed by atoms with Gasteiger partial charge in [0.2, 0.25) is 11.8 Å². The van der Waals surface area contributed by atoms with E-state index in [1.807, 2.05) is 31.2 Å². The van der Waals surface area contributed by atoms with E-state index >= 15 is 0 Å². The number of ketones is 1. The maximum Gasteiger partial charge on any atom is 0.224 e. The van der Waals surface area contributed by atoms with Crippen molar-refractivity contribution in [2.45, 2.75) is 26.7 Å². The Kier molecular flexibility index (Phi) is 5.84. The van der Waals surface area contributed by atoms with Crippen LogP contribution in [0.5, 0.6) is 0 Å². The minimum atomic E-state index is -0.245. The predicted molar refractivity (Wildman–Crippen MR) is 94.1 cm³/mol. The summed E-state index contributed by atoms with van der Waals surface area (Å²) in [5.74, 6) is -0.474. The summed E-state index contributed by atoms with van der Waals surface area (Å²) >= 11 is 0. The van der Waals surface area contributed by atoms with Crippen LogP contribution in [-0.2, 0) is 9.59 Å². The molecule has 2 N–H and O–H groups in total. The Balaban J connectivity index is 1.81. The van der Waals surface area contributed by atoms with Gasteiger partial charge in [-0.1, -0.05) is 18.2 Å². The van der Waals surface area contributed by atoms with Gasteiger partial charge in [-0.2, -0.15) is 0 Å². The molecule has 5 heteroatoms. The molecule has 0 aliphatic rings. The summed E-state index contributed by atoms with van der Waals surface area (Å²) in [4.78, 5) is 35.0. The molecule has 0 aliphatic carbocycles. The first kappa shape index (κ1) is 17.4. The molecule has 124 valence electrons. The number of aryl methyl sites for hydroxylation is 1. The Morgan fingerprint density at radius 2 is 1.42 bits per heavy atom. The van der Waals surface area contributed by atoms with Crippen molar-refractivity contribution in [3.05, 3.63) is 59.7 Å². The number of hydrogen-bond donors (Lipinski definition) is 2. The van der Waals surface area contributed by atoms with Crippen LogP contribution in [0.2, 0.25) is 0 Å². The first-order chi connectivity index (χ1) is 11.5. The smallest absolute Gasteiger partial charge is 0.224 e. The van der Waals surface area contributed by atoms with E-state index in [2.05, 4.69) is 10.6 Å². The van der Waals surface area contributed by atoms with Crippen molar-refractivity contribution in [3.63, 3.8) is 0 Å². The summed E-state index contributed by atoms with van der Waals surface area (Å²) in [6, 6.07) is 14.1. The lowest BCUT2D eigenvalue weighted by molar-refractivity contribution is -0.121. The van der Waals surface area contributed by atoms with Gasteiger partial charge in [0, 0.05) is 29.8 Å². The third-order valence-electron chi connectivity index (χ3n) is 3.57. The van der Waals surface area contributed by atoms with E-state index in [0.717, 1.165) is 11.3 Å². The van der Waals surface area contributed by atoms with Crippen molar-refractivity contribution in [2.24, 2.45) is 0 Å². The first-order valence-electron chi connectivity index (χ1n) is 7.72. The monoisotopic (exact) mass is 324 g/mol. The van der Waals surface area contributed by atoms with Gasteiger partial charge in [0.1, 0.15) is 0 Å². The average molecular weight is 324 g/mol. The summed E-state index contributed by atoms with van der Waals surface area (Å²) in [7, 11) is 0. The third kappa shape index (κ3) is 5.05. The number of amides is 2. The summed E-state index contributed by atoms with van der Waals surface area (Å²) in [5.41, 5.74) is 2.92. The molecule has 2 rings (SSSR count). The van der Waals surface area contributed by atoms with E-state index < -0.39 is 0 Å². The van der Waals surface area contributed by atoms with Gasteiger partial charge in [0.05, 0.1) is 0 Å². The fraction of sp³-hybridized carbons (Fsp3) is 0.211. The molecule has 0 bridgehead atoms. The number of anilines is 2. The Bertz CT molecular complexity index is 751. The Morgan fingerprint density at radius 3 is 2.00 bits per heavy atom. The molecule has 0 radical (unpaired) electrons. The molecule has 2 aromatic carbocycles. The number of Topliss-reactive ketones (excluding diaryl/α,β-unsaturated/α-hetero) is 1. The number of benzene rings is 2. The molecule has 5 nitrogen and oxygen atoms in total.